The van der Waals surface area contributed by atoms with Crippen LogP contribution in [0.25, 0.3) is 71.4 Å². The van der Waals surface area contributed by atoms with Gasteiger partial charge in [-0.05, 0) is 93.7 Å². The average Bonchev–Trinajstić information content (AvgIpc) is 4.13. The first-order chi connectivity index (χ1) is 30.3. The Kier molecular flexibility index (Phi) is 7.49. The number of hydrogen-bond acceptors (Lipinski definition) is 6. The van der Waals surface area contributed by atoms with Gasteiger partial charge in [0.1, 0.15) is 0 Å². The number of benzene rings is 7. The molecule has 0 saturated carbocycles. The molecule has 4 aromatic heterocycles. The van der Waals surface area contributed by atoms with Gasteiger partial charge in [-0.3, -0.25) is 0 Å². The normalized spacial score (nSPS) is 13.3. The molecule has 0 saturated heterocycles. The van der Waals surface area contributed by atoms with Gasteiger partial charge in [0.25, 0.3) is 0 Å². The summed E-state index contributed by atoms with van der Waals surface area (Å²) >= 11 is 3.71. The third-order valence-electron chi connectivity index (χ3n) is 12.4. The fourth-order valence-electron chi connectivity index (χ4n) is 9.89. The van der Waals surface area contributed by atoms with Gasteiger partial charge in [-0.15, -0.1) is 22.7 Å². The highest BCUT2D eigenvalue weighted by Gasteiger charge is 2.53. The largest absolute Gasteiger partial charge is 0.310 e. The molecule has 2 aliphatic rings. The Labute approximate surface area is 360 Å². The van der Waals surface area contributed by atoms with Gasteiger partial charge in [0, 0.05) is 48.6 Å². The van der Waals surface area contributed by atoms with Gasteiger partial charge in [-0.2, -0.15) is 0 Å². The summed E-state index contributed by atoms with van der Waals surface area (Å²) < 4.78 is 2.43. The number of thiophene rings is 2. The Morgan fingerprint density at radius 2 is 0.934 bits per heavy atom. The first kappa shape index (κ1) is 34.4. The van der Waals surface area contributed by atoms with Gasteiger partial charge in [0.15, 0.2) is 17.5 Å². The van der Waals surface area contributed by atoms with E-state index in [-0.39, 0.29) is 0 Å². The van der Waals surface area contributed by atoms with Crippen molar-refractivity contribution < 1.29 is 0 Å². The lowest BCUT2D eigenvalue weighted by atomic mass is 9.65. The van der Waals surface area contributed by atoms with E-state index in [0.29, 0.717) is 17.5 Å². The van der Waals surface area contributed by atoms with Gasteiger partial charge in [0.05, 0.1) is 27.8 Å². The predicted octanol–water partition coefficient (Wildman–Crippen LogP) is 14.2. The molecule has 61 heavy (non-hydrogen) atoms. The molecule has 7 heteroatoms. The topological polar surface area (TPSA) is 46.8 Å². The number of rotatable bonds is 5. The lowest BCUT2D eigenvalue weighted by molar-refractivity contribution is 0.757. The summed E-state index contributed by atoms with van der Waals surface area (Å²) in [6.07, 6.45) is 0. The molecule has 1 spiro atoms. The molecule has 286 valence electrons. The van der Waals surface area contributed by atoms with Gasteiger partial charge >= 0.3 is 0 Å². The predicted molar refractivity (Wildman–Crippen MR) is 252 cm³/mol. The fraction of sp³-hybridized carbons (Fsp3) is 0.0185. The van der Waals surface area contributed by atoms with Gasteiger partial charge in [-0.25, -0.2) is 15.0 Å². The monoisotopic (exact) mass is 815 g/mol. The van der Waals surface area contributed by atoms with Crippen molar-refractivity contribution in [2.24, 2.45) is 0 Å². The Morgan fingerprint density at radius 3 is 1.62 bits per heavy atom. The molecule has 11 aromatic rings. The second-order valence-electron chi connectivity index (χ2n) is 15.6. The second-order valence-corrected chi connectivity index (χ2v) is 17.4. The van der Waals surface area contributed by atoms with E-state index in [1.165, 1.54) is 48.3 Å². The summed E-state index contributed by atoms with van der Waals surface area (Å²) in [7, 11) is 0. The highest BCUT2D eigenvalue weighted by Crippen LogP contribution is 2.66. The van der Waals surface area contributed by atoms with E-state index in [4.69, 9.17) is 15.0 Å². The Hall–Kier alpha value is -7.45. The van der Waals surface area contributed by atoms with E-state index < -0.39 is 5.41 Å². The van der Waals surface area contributed by atoms with Crippen molar-refractivity contribution in [2.75, 3.05) is 4.90 Å². The number of fused-ring (bicyclic) bond motifs is 12. The Morgan fingerprint density at radius 1 is 0.377 bits per heavy atom. The summed E-state index contributed by atoms with van der Waals surface area (Å²) in [6.45, 7) is 0. The standard InChI is InChI=1S/C54H33N5S2/c1-4-15-34(16-5-1)51-55-52(35-17-6-2-7-18-35)57-53(56-51)36-19-14-22-38(31-36)59-46-26-13-11-24-41(46)54(42-27-29-60-49(42)50-43(54)28-30-61-50)44-32-40-39-23-10-12-25-45(39)58(47(40)33-48(44)59)37-20-8-3-9-21-37/h1-33H. The molecule has 5 heterocycles. The van der Waals surface area contributed by atoms with Crippen LogP contribution in [0.1, 0.15) is 22.3 Å². The quantitative estimate of drug-likeness (QED) is 0.174. The molecular formula is C54H33N5S2. The molecule has 0 unspecified atom stereocenters. The maximum absolute atomic E-state index is 5.14. The van der Waals surface area contributed by atoms with Crippen molar-refractivity contribution in [3.8, 4) is 49.6 Å². The molecule has 0 amide bonds. The average molecular weight is 816 g/mol. The number of anilines is 3. The van der Waals surface area contributed by atoms with Crippen molar-refractivity contribution in [2.45, 2.75) is 5.41 Å². The van der Waals surface area contributed by atoms with Crippen LogP contribution in [0.4, 0.5) is 17.1 Å². The van der Waals surface area contributed by atoms with Crippen molar-refractivity contribution in [3.63, 3.8) is 0 Å². The third kappa shape index (κ3) is 4.96. The minimum Gasteiger partial charge on any atom is -0.310 e. The summed E-state index contributed by atoms with van der Waals surface area (Å²) in [6, 6.07) is 67.4. The van der Waals surface area contributed by atoms with Crippen LogP contribution in [0.2, 0.25) is 0 Å². The first-order valence-corrected chi connectivity index (χ1v) is 22.2. The Balaban J connectivity index is 1.10. The van der Waals surface area contributed by atoms with Crippen LogP contribution >= 0.6 is 22.7 Å². The highest BCUT2D eigenvalue weighted by atomic mass is 32.1. The maximum atomic E-state index is 5.14. The molecule has 0 bridgehead atoms. The van der Waals surface area contributed by atoms with Crippen LogP contribution < -0.4 is 4.90 Å². The third-order valence-corrected chi connectivity index (χ3v) is 14.4. The number of aromatic nitrogens is 4. The number of para-hydroxylation sites is 3. The minimum absolute atomic E-state index is 0.502. The SMILES string of the molecule is c1ccc(-c2nc(-c3ccccc3)nc(-c3cccc(N4c5ccccc5C5(c6cc7c8ccccc8n(-c8ccccc8)c7cc64)c4ccsc4-c4sccc45)c3)n2)cc1. The molecule has 0 radical (unpaired) electrons. The lowest BCUT2D eigenvalue weighted by Crippen LogP contribution is -2.35. The van der Waals surface area contributed by atoms with Crippen molar-refractivity contribution in [3.05, 3.63) is 221 Å². The van der Waals surface area contributed by atoms with Gasteiger partial charge in [-0.1, -0.05) is 127 Å². The molecule has 5 nitrogen and oxygen atoms in total. The van der Waals surface area contributed by atoms with E-state index >= 15 is 0 Å². The van der Waals surface area contributed by atoms with Crippen molar-refractivity contribution in [1.29, 1.82) is 0 Å². The van der Waals surface area contributed by atoms with E-state index in [0.717, 1.165) is 45.0 Å². The zero-order chi connectivity index (χ0) is 40.1. The van der Waals surface area contributed by atoms with Crippen LogP contribution in [0, 0.1) is 0 Å². The zero-order valence-electron chi connectivity index (χ0n) is 32.6. The van der Waals surface area contributed by atoms with E-state index in [1.807, 2.05) is 59.1 Å². The van der Waals surface area contributed by atoms with Crippen LogP contribution in [0.3, 0.4) is 0 Å². The summed E-state index contributed by atoms with van der Waals surface area (Å²) in [4.78, 5) is 20.5. The minimum atomic E-state index is -0.502. The summed E-state index contributed by atoms with van der Waals surface area (Å²) in [5.74, 6) is 1.90. The molecule has 1 aliphatic carbocycles. The molecule has 0 N–H and O–H groups in total. The molecule has 1 aliphatic heterocycles. The van der Waals surface area contributed by atoms with Crippen LogP contribution in [-0.2, 0) is 5.41 Å². The van der Waals surface area contributed by atoms with Gasteiger partial charge < -0.3 is 9.47 Å². The molecule has 13 rings (SSSR count). The van der Waals surface area contributed by atoms with E-state index in [1.54, 1.807) is 0 Å². The smallest absolute Gasteiger partial charge is 0.164 e. The van der Waals surface area contributed by atoms with E-state index in [9.17, 15) is 0 Å². The van der Waals surface area contributed by atoms with Crippen LogP contribution in [-0.4, -0.2) is 19.5 Å². The van der Waals surface area contributed by atoms with Gasteiger partial charge in [0.2, 0.25) is 0 Å². The fourth-order valence-corrected chi connectivity index (χ4v) is 12.0. The summed E-state index contributed by atoms with van der Waals surface area (Å²) in [5.41, 5.74) is 14.4. The van der Waals surface area contributed by atoms with E-state index in [2.05, 4.69) is 172 Å². The molecule has 7 aromatic carbocycles. The van der Waals surface area contributed by atoms with Crippen molar-refractivity contribution >= 4 is 61.5 Å². The van der Waals surface area contributed by atoms with Crippen LogP contribution in [0.15, 0.2) is 199 Å². The first-order valence-electron chi connectivity index (χ1n) is 20.4. The second kappa shape index (κ2) is 13.3. The Bertz CT molecular complexity index is 3400. The lowest BCUT2D eigenvalue weighted by Gasteiger charge is -2.44. The number of nitrogens with zero attached hydrogens (tertiary/aromatic N) is 5. The number of hydrogen-bond donors (Lipinski definition) is 0. The zero-order valence-corrected chi connectivity index (χ0v) is 34.2. The molecular weight excluding hydrogens is 783 g/mol. The highest BCUT2D eigenvalue weighted by molar-refractivity contribution is 7.21. The summed E-state index contributed by atoms with van der Waals surface area (Å²) in [5, 5.41) is 7.02. The van der Waals surface area contributed by atoms with Crippen LogP contribution in [0.5, 0.6) is 0 Å². The van der Waals surface area contributed by atoms with Crippen molar-refractivity contribution in [1.82, 2.24) is 19.5 Å². The molecule has 0 fully saturated rings. The molecule has 0 atom stereocenters. The maximum Gasteiger partial charge on any atom is 0.164 e.